The van der Waals surface area contributed by atoms with E-state index in [4.69, 9.17) is 4.74 Å². The van der Waals surface area contributed by atoms with Crippen LogP contribution in [0.15, 0.2) is 53.6 Å². The quantitative estimate of drug-likeness (QED) is 0.592. The van der Waals surface area contributed by atoms with Crippen LogP contribution in [0.25, 0.3) is 0 Å². The first kappa shape index (κ1) is 17.7. The number of benzene rings is 2. The van der Waals surface area contributed by atoms with Crippen molar-refractivity contribution in [2.75, 3.05) is 6.61 Å². The van der Waals surface area contributed by atoms with Crippen LogP contribution in [0.5, 0.6) is 5.75 Å². The fourth-order valence-electron chi connectivity index (χ4n) is 2.15. The van der Waals surface area contributed by atoms with Crippen LogP contribution in [0, 0.1) is 6.92 Å². The van der Waals surface area contributed by atoms with Crippen molar-refractivity contribution in [3.05, 3.63) is 65.2 Å². The van der Waals surface area contributed by atoms with E-state index in [0.717, 1.165) is 12.0 Å². The molecule has 126 valence electrons. The van der Waals surface area contributed by atoms with Gasteiger partial charge >= 0.3 is 0 Å². The Balaban J connectivity index is 1.73. The van der Waals surface area contributed by atoms with Crippen LogP contribution >= 0.6 is 0 Å². The fraction of sp³-hybridized carbons (Fsp3) is 0.300. The second kappa shape index (κ2) is 9.50. The molecule has 24 heavy (non-hydrogen) atoms. The summed E-state index contributed by atoms with van der Waals surface area (Å²) < 4.78 is 5.46. The molecule has 0 saturated carbocycles. The summed E-state index contributed by atoms with van der Waals surface area (Å²) in [6.45, 7) is 4.15. The SMILES string of the molecule is CCCCc1ccc(OCC(=O)NN=Cc2ccc(C)cc2)cc1. The van der Waals surface area contributed by atoms with Crippen molar-refractivity contribution >= 4 is 12.1 Å². The van der Waals surface area contributed by atoms with E-state index in [9.17, 15) is 4.79 Å². The Bertz CT molecular complexity index is 661. The van der Waals surface area contributed by atoms with Crippen LogP contribution in [-0.2, 0) is 11.2 Å². The molecule has 0 heterocycles. The predicted molar refractivity (Wildman–Crippen MR) is 97.5 cm³/mol. The molecule has 0 aromatic heterocycles. The van der Waals surface area contributed by atoms with E-state index in [1.54, 1.807) is 6.21 Å². The van der Waals surface area contributed by atoms with Gasteiger partial charge in [0.25, 0.3) is 5.91 Å². The Labute approximate surface area is 143 Å². The first-order chi connectivity index (χ1) is 11.7. The molecule has 0 aliphatic carbocycles. The van der Waals surface area contributed by atoms with Gasteiger partial charge in [-0.2, -0.15) is 5.10 Å². The van der Waals surface area contributed by atoms with E-state index in [2.05, 4.69) is 17.5 Å². The maximum Gasteiger partial charge on any atom is 0.277 e. The van der Waals surface area contributed by atoms with Crippen molar-refractivity contribution in [1.29, 1.82) is 0 Å². The number of amides is 1. The zero-order valence-electron chi connectivity index (χ0n) is 14.3. The van der Waals surface area contributed by atoms with Gasteiger partial charge in [0, 0.05) is 0 Å². The lowest BCUT2D eigenvalue weighted by atomic mass is 10.1. The van der Waals surface area contributed by atoms with Crippen molar-refractivity contribution in [2.45, 2.75) is 33.1 Å². The highest BCUT2D eigenvalue weighted by Gasteiger charge is 2.01. The summed E-state index contributed by atoms with van der Waals surface area (Å²) in [5.41, 5.74) is 5.87. The first-order valence-corrected chi connectivity index (χ1v) is 8.27. The Morgan fingerprint density at radius 2 is 1.83 bits per heavy atom. The normalized spacial score (nSPS) is 10.8. The molecule has 0 aliphatic rings. The average Bonchev–Trinajstić information content (AvgIpc) is 2.61. The van der Waals surface area contributed by atoms with Crippen LogP contribution in [0.2, 0.25) is 0 Å². The van der Waals surface area contributed by atoms with Gasteiger partial charge in [-0.15, -0.1) is 0 Å². The van der Waals surface area contributed by atoms with Crippen molar-refractivity contribution in [1.82, 2.24) is 5.43 Å². The molecular formula is C20H24N2O2. The average molecular weight is 324 g/mol. The van der Waals surface area contributed by atoms with E-state index < -0.39 is 0 Å². The third kappa shape index (κ3) is 6.24. The minimum absolute atomic E-state index is 0.0560. The third-order valence-corrected chi connectivity index (χ3v) is 3.59. The van der Waals surface area contributed by atoms with Crippen molar-refractivity contribution in [3.8, 4) is 5.75 Å². The van der Waals surface area contributed by atoms with E-state index in [0.29, 0.717) is 5.75 Å². The van der Waals surface area contributed by atoms with E-state index in [-0.39, 0.29) is 12.5 Å². The standard InChI is InChI=1S/C20H24N2O2/c1-3-4-5-17-10-12-19(13-11-17)24-15-20(23)22-21-14-18-8-6-16(2)7-9-18/h6-14H,3-5,15H2,1-2H3,(H,22,23). The smallest absolute Gasteiger partial charge is 0.277 e. The maximum absolute atomic E-state index is 11.7. The molecule has 0 unspecified atom stereocenters. The van der Waals surface area contributed by atoms with Gasteiger partial charge in [0.2, 0.25) is 0 Å². The molecule has 0 atom stereocenters. The Morgan fingerprint density at radius 3 is 2.50 bits per heavy atom. The van der Waals surface area contributed by atoms with E-state index >= 15 is 0 Å². The summed E-state index contributed by atoms with van der Waals surface area (Å²) >= 11 is 0. The number of rotatable bonds is 8. The zero-order valence-corrected chi connectivity index (χ0v) is 14.3. The van der Waals surface area contributed by atoms with E-state index in [1.165, 1.54) is 24.0 Å². The molecule has 1 amide bonds. The molecule has 0 spiro atoms. The third-order valence-electron chi connectivity index (χ3n) is 3.59. The van der Waals surface area contributed by atoms with Crippen LogP contribution in [-0.4, -0.2) is 18.7 Å². The summed E-state index contributed by atoms with van der Waals surface area (Å²) in [5.74, 6) is 0.404. The maximum atomic E-state index is 11.7. The highest BCUT2D eigenvalue weighted by atomic mass is 16.5. The van der Waals surface area contributed by atoms with Crippen molar-refractivity contribution in [3.63, 3.8) is 0 Å². The lowest BCUT2D eigenvalue weighted by Gasteiger charge is -2.06. The minimum atomic E-state index is -0.284. The summed E-state index contributed by atoms with van der Waals surface area (Å²) in [6.07, 6.45) is 5.05. The monoisotopic (exact) mass is 324 g/mol. The van der Waals surface area contributed by atoms with Crippen molar-refractivity contribution in [2.24, 2.45) is 5.10 Å². The van der Waals surface area contributed by atoms with Crippen LogP contribution in [0.3, 0.4) is 0 Å². The van der Waals surface area contributed by atoms with Crippen LogP contribution in [0.4, 0.5) is 0 Å². The second-order valence-electron chi connectivity index (χ2n) is 5.74. The van der Waals surface area contributed by atoms with Gasteiger partial charge in [0.1, 0.15) is 5.75 Å². The number of unbranched alkanes of at least 4 members (excludes halogenated alkanes) is 1. The molecule has 4 heteroatoms. The molecule has 4 nitrogen and oxygen atoms in total. The molecule has 0 radical (unpaired) electrons. The predicted octanol–water partition coefficient (Wildman–Crippen LogP) is 3.87. The highest BCUT2D eigenvalue weighted by Crippen LogP contribution is 2.13. The van der Waals surface area contributed by atoms with Gasteiger partial charge in [-0.1, -0.05) is 55.3 Å². The Hall–Kier alpha value is -2.62. The number of nitrogens with zero attached hydrogens (tertiary/aromatic N) is 1. The molecule has 2 aromatic rings. The van der Waals surface area contributed by atoms with Crippen LogP contribution in [0.1, 0.15) is 36.5 Å². The summed E-state index contributed by atoms with van der Waals surface area (Å²) in [7, 11) is 0. The summed E-state index contributed by atoms with van der Waals surface area (Å²) in [4.78, 5) is 11.7. The largest absolute Gasteiger partial charge is 0.484 e. The number of carbonyl (C=O) groups is 1. The Morgan fingerprint density at radius 1 is 1.12 bits per heavy atom. The molecule has 0 aliphatic heterocycles. The number of nitrogens with one attached hydrogen (secondary N) is 1. The van der Waals surface area contributed by atoms with E-state index in [1.807, 2.05) is 55.5 Å². The molecule has 2 rings (SSSR count). The molecule has 2 aromatic carbocycles. The van der Waals surface area contributed by atoms with Gasteiger partial charge in [-0.05, 0) is 43.0 Å². The zero-order chi connectivity index (χ0) is 17.2. The number of hydrogen-bond acceptors (Lipinski definition) is 3. The van der Waals surface area contributed by atoms with Gasteiger partial charge in [-0.25, -0.2) is 5.43 Å². The van der Waals surface area contributed by atoms with Gasteiger partial charge in [0.15, 0.2) is 6.61 Å². The number of hydrogen-bond donors (Lipinski definition) is 1. The topological polar surface area (TPSA) is 50.7 Å². The second-order valence-corrected chi connectivity index (χ2v) is 5.74. The lowest BCUT2D eigenvalue weighted by Crippen LogP contribution is -2.24. The minimum Gasteiger partial charge on any atom is -0.484 e. The molecule has 1 N–H and O–H groups in total. The molecule has 0 saturated heterocycles. The van der Waals surface area contributed by atoms with Gasteiger partial charge in [0.05, 0.1) is 6.21 Å². The van der Waals surface area contributed by atoms with Gasteiger partial charge in [-0.3, -0.25) is 4.79 Å². The van der Waals surface area contributed by atoms with Crippen LogP contribution < -0.4 is 10.2 Å². The number of ether oxygens (including phenoxy) is 1. The number of hydrazone groups is 1. The molecule has 0 bridgehead atoms. The number of carbonyl (C=O) groups excluding carboxylic acids is 1. The fourth-order valence-corrected chi connectivity index (χ4v) is 2.15. The summed E-state index contributed by atoms with van der Waals surface area (Å²) in [5, 5.41) is 3.93. The first-order valence-electron chi connectivity index (χ1n) is 8.27. The summed E-state index contributed by atoms with van der Waals surface area (Å²) in [6, 6.07) is 15.8. The number of aryl methyl sites for hydroxylation is 2. The van der Waals surface area contributed by atoms with Gasteiger partial charge < -0.3 is 4.74 Å². The Kier molecular flexibility index (Phi) is 7.02. The highest BCUT2D eigenvalue weighted by molar-refractivity contribution is 5.82. The molecular weight excluding hydrogens is 300 g/mol. The molecule has 0 fully saturated rings. The lowest BCUT2D eigenvalue weighted by molar-refractivity contribution is -0.123. The van der Waals surface area contributed by atoms with Crippen molar-refractivity contribution < 1.29 is 9.53 Å².